The van der Waals surface area contributed by atoms with Gasteiger partial charge in [-0.05, 0) is 42.5 Å². The highest BCUT2D eigenvalue weighted by Crippen LogP contribution is 2.39. The van der Waals surface area contributed by atoms with E-state index in [2.05, 4.69) is 5.32 Å². The molecule has 29 heavy (non-hydrogen) atoms. The Morgan fingerprint density at radius 1 is 0.931 bits per heavy atom. The number of carbonyl (C=O) groups excluding carboxylic acids is 2. The largest absolute Gasteiger partial charge is 0.493 e. The van der Waals surface area contributed by atoms with E-state index in [4.69, 9.17) is 18.6 Å². The fourth-order valence-corrected chi connectivity index (χ4v) is 2.99. The van der Waals surface area contributed by atoms with Gasteiger partial charge in [-0.15, -0.1) is 0 Å². The van der Waals surface area contributed by atoms with Gasteiger partial charge in [0.25, 0.3) is 0 Å². The predicted molar refractivity (Wildman–Crippen MR) is 108 cm³/mol. The van der Waals surface area contributed by atoms with E-state index in [1.807, 2.05) is 0 Å². The molecule has 7 heteroatoms. The maximum atomic E-state index is 13.4. The van der Waals surface area contributed by atoms with Crippen molar-refractivity contribution in [3.05, 3.63) is 59.9 Å². The van der Waals surface area contributed by atoms with E-state index in [1.165, 1.54) is 28.3 Å². The first-order valence-electron chi connectivity index (χ1n) is 8.78. The van der Waals surface area contributed by atoms with Crippen molar-refractivity contribution in [3.8, 4) is 28.6 Å². The highest BCUT2D eigenvalue weighted by Gasteiger charge is 2.21. The summed E-state index contributed by atoms with van der Waals surface area (Å²) in [5.41, 5.74) is 1.73. The lowest BCUT2D eigenvalue weighted by atomic mass is 9.98. The molecule has 0 aliphatic carbocycles. The summed E-state index contributed by atoms with van der Waals surface area (Å²) >= 11 is 0. The minimum Gasteiger partial charge on any atom is -0.493 e. The van der Waals surface area contributed by atoms with Gasteiger partial charge in [-0.3, -0.25) is 9.59 Å². The van der Waals surface area contributed by atoms with Gasteiger partial charge in [-0.2, -0.15) is 0 Å². The lowest BCUT2D eigenvalue weighted by Crippen LogP contribution is -2.12. The van der Waals surface area contributed by atoms with Gasteiger partial charge in [0.15, 0.2) is 17.3 Å². The number of hydrogen-bond acceptors (Lipinski definition) is 6. The Labute approximate surface area is 168 Å². The number of carbonyl (C=O) groups is 2. The van der Waals surface area contributed by atoms with E-state index in [1.54, 1.807) is 48.7 Å². The fourth-order valence-electron chi connectivity index (χ4n) is 2.99. The van der Waals surface area contributed by atoms with Gasteiger partial charge in [0.05, 0.1) is 33.3 Å². The van der Waals surface area contributed by atoms with E-state index < -0.39 is 0 Å². The Bertz CT molecular complexity index is 1010. The lowest BCUT2D eigenvalue weighted by Gasteiger charge is -2.15. The number of benzene rings is 2. The minimum absolute atomic E-state index is 0.283. The molecule has 2 aromatic carbocycles. The zero-order valence-electron chi connectivity index (χ0n) is 16.6. The van der Waals surface area contributed by atoms with Crippen LogP contribution < -0.4 is 19.5 Å². The number of ether oxygens (including phenoxy) is 3. The van der Waals surface area contributed by atoms with Crippen molar-refractivity contribution in [2.45, 2.75) is 6.92 Å². The van der Waals surface area contributed by atoms with Gasteiger partial charge in [0.1, 0.15) is 5.76 Å². The van der Waals surface area contributed by atoms with Gasteiger partial charge in [-0.25, -0.2) is 0 Å². The van der Waals surface area contributed by atoms with E-state index >= 15 is 0 Å². The number of anilines is 1. The van der Waals surface area contributed by atoms with Gasteiger partial charge in [0, 0.05) is 23.6 Å². The number of furan rings is 1. The molecule has 0 aliphatic rings. The maximum Gasteiger partial charge on any atom is 0.221 e. The molecular formula is C22H21NO6. The number of hydrogen-bond donors (Lipinski definition) is 1. The molecule has 0 radical (unpaired) electrons. The van der Waals surface area contributed by atoms with Gasteiger partial charge in [-0.1, -0.05) is 0 Å². The third kappa shape index (κ3) is 4.08. The van der Waals surface area contributed by atoms with Crippen molar-refractivity contribution in [1.29, 1.82) is 0 Å². The second-order valence-electron chi connectivity index (χ2n) is 6.16. The van der Waals surface area contributed by atoms with Crippen LogP contribution in [0.2, 0.25) is 0 Å². The Kier molecular flexibility index (Phi) is 5.87. The zero-order valence-corrected chi connectivity index (χ0v) is 16.6. The molecule has 1 aromatic heterocycles. The van der Waals surface area contributed by atoms with Crippen LogP contribution in [0.4, 0.5) is 5.69 Å². The third-order valence-corrected chi connectivity index (χ3v) is 4.31. The molecule has 1 N–H and O–H groups in total. The molecule has 0 unspecified atom stereocenters. The molecule has 0 atom stereocenters. The molecule has 0 saturated carbocycles. The fraction of sp³-hybridized carbons (Fsp3) is 0.182. The molecule has 1 amide bonds. The second kappa shape index (κ2) is 8.52. The molecule has 0 saturated heterocycles. The highest BCUT2D eigenvalue weighted by molar-refractivity contribution is 6.14. The van der Waals surface area contributed by atoms with E-state index in [0.717, 1.165) is 0 Å². The average Bonchev–Trinajstić information content (AvgIpc) is 3.26. The molecule has 7 nitrogen and oxygen atoms in total. The summed E-state index contributed by atoms with van der Waals surface area (Å²) in [6.45, 7) is 1.38. The summed E-state index contributed by atoms with van der Waals surface area (Å²) in [6.07, 6.45) is 1.55. The van der Waals surface area contributed by atoms with E-state index in [0.29, 0.717) is 45.4 Å². The van der Waals surface area contributed by atoms with Gasteiger partial charge in [0.2, 0.25) is 11.7 Å². The lowest BCUT2D eigenvalue weighted by molar-refractivity contribution is -0.114. The summed E-state index contributed by atoms with van der Waals surface area (Å²) in [7, 11) is 4.45. The summed E-state index contributed by atoms with van der Waals surface area (Å²) in [5.74, 6) is 1.12. The molecule has 0 aliphatic heterocycles. The van der Waals surface area contributed by atoms with Crippen LogP contribution in [-0.2, 0) is 4.79 Å². The van der Waals surface area contributed by atoms with Crippen LogP contribution in [0, 0.1) is 0 Å². The highest BCUT2D eigenvalue weighted by atomic mass is 16.5. The molecule has 3 aromatic rings. The molecule has 3 rings (SSSR count). The van der Waals surface area contributed by atoms with Gasteiger partial charge >= 0.3 is 0 Å². The summed E-state index contributed by atoms with van der Waals surface area (Å²) in [6, 6.07) is 11.8. The van der Waals surface area contributed by atoms with Crippen molar-refractivity contribution >= 4 is 17.4 Å². The Morgan fingerprint density at radius 3 is 2.14 bits per heavy atom. The first-order chi connectivity index (χ1) is 14.0. The second-order valence-corrected chi connectivity index (χ2v) is 6.16. The van der Waals surface area contributed by atoms with Crippen LogP contribution in [0.1, 0.15) is 22.8 Å². The number of amides is 1. The normalized spacial score (nSPS) is 10.3. The van der Waals surface area contributed by atoms with Crippen LogP contribution in [-0.4, -0.2) is 33.0 Å². The van der Waals surface area contributed by atoms with Crippen LogP contribution in [0.15, 0.2) is 53.1 Å². The first-order valence-corrected chi connectivity index (χ1v) is 8.78. The third-order valence-electron chi connectivity index (χ3n) is 4.31. The van der Waals surface area contributed by atoms with Gasteiger partial charge < -0.3 is 23.9 Å². The number of ketones is 1. The topological polar surface area (TPSA) is 87.0 Å². The Morgan fingerprint density at radius 2 is 1.62 bits per heavy atom. The van der Waals surface area contributed by atoms with E-state index in [9.17, 15) is 9.59 Å². The Hall–Kier alpha value is -3.74. The van der Waals surface area contributed by atoms with Crippen LogP contribution >= 0.6 is 0 Å². The summed E-state index contributed by atoms with van der Waals surface area (Å²) in [4.78, 5) is 25.0. The molecule has 0 fully saturated rings. The number of nitrogens with one attached hydrogen (secondary N) is 1. The van der Waals surface area contributed by atoms with Crippen LogP contribution in [0.3, 0.4) is 0 Å². The quantitative estimate of drug-likeness (QED) is 0.605. The maximum absolute atomic E-state index is 13.4. The van der Waals surface area contributed by atoms with Crippen molar-refractivity contribution in [3.63, 3.8) is 0 Å². The molecule has 150 valence electrons. The molecular weight excluding hydrogens is 374 g/mol. The zero-order chi connectivity index (χ0) is 21.0. The van der Waals surface area contributed by atoms with Crippen molar-refractivity contribution in [2.24, 2.45) is 0 Å². The smallest absolute Gasteiger partial charge is 0.221 e. The SMILES string of the molecule is COc1cc(C(=O)c2cc(-c3ccco3)ccc2NC(C)=O)cc(OC)c1OC. The van der Waals surface area contributed by atoms with Crippen molar-refractivity contribution in [2.75, 3.05) is 26.6 Å². The van der Waals surface area contributed by atoms with E-state index in [-0.39, 0.29) is 11.7 Å². The predicted octanol–water partition coefficient (Wildman–Crippen LogP) is 4.16. The Balaban J connectivity index is 2.14. The summed E-state index contributed by atoms with van der Waals surface area (Å²) in [5, 5.41) is 2.70. The molecule has 0 spiro atoms. The minimum atomic E-state index is -0.318. The first kappa shape index (κ1) is 20.0. The summed E-state index contributed by atoms with van der Waals surface area (Å²) < 4.78 is 21.4. The van der Waals surface area contributed by atoms with Crippen LogP contribution in [0.25, 0.3) is 11.3 Å². The molecule has 1 heterocycles. The standard InChI is InChI=1S/C22H21NO6/c1-13(24)23-17-8-7-14(18-6-5-9-29-18)10-16(17)21(25)15-11-19(26-2)22(28-4)20(12-15)27-3/h5-12H,1-4H3,(H,23,24). The van der Waals surface area contributed by atoms with Crippen molar-refractivity contribution in [1.82, 2.24) is 0 Å². The van der Waals surface area contributed by atoms with Crippen molar-refractivity contribution < 1.29 is 28.2 Å². The monoisotopic (exact) mass is 395 g/mol. The average molecular weight is 395 g/mol. The number of methoxy groups -OCH3 is 3. The molecule has 0 bridgehead atoms. The van der Waals surface area contributed by atoms with Crippen LogP contribution in [0.5, 0.6) is 17.2 Å². The number of rotatable bonds is 7.